The first-order valence-corrected chi connectivity index (χ1v) is 7.34. The van der Waals surface area contributed by atoms with Crippen molar-refractivity contribution in [3.05, 3.63) is 63.6 Å². The van der Waals surface area contributed by atoms with Gasteiger partial charge in [0.1, 0.15) is 5.75 Å². The first-order valence-electron chi connectivity index (χ1n) is 6.55. The highest BCUT2D eigenvalue weighted by molar-refractivity contribution is 9.10. The molecule has 3 heteroatoms. The first-order chi connectivity index (χ1) is 9.47. The van der Waals surface area contributed by atoms with Crippen LogP contribution in [-0.2, 0) is 5.41 Å². The Balaban J connectivity index is 1.99. The van der Waals surface area contributed by atoms with Gasteiger partial charge in [0, 0.05) is 26.6 Å². The van der Waals surface area contributed by atoms with Crippen LogP contribution in [0.3, 0.4) is 0 Å². The fraction of sp³-hybridized carbons (Fsp3) is 0.235. The highest BCUT2D eigenvalue weighted by Gasteiger charge is 2.32. The Labute approximate surface area is 126 Å². The van der Waals surface area contributed by atoms with E-state index in [4.69, 9.17) is 4.74 Å². The largest absolute Gasteiger partial charge is 0.492 e. The molecule has 0 radical (unpaired) electrons. The van der Waals surface area contributed by atoms with Gasteiger partial charge in [-0.05, 0) is 42.5 Å². The summed E-state index contributed by atoms with van der Waals surface area (Å²) in [5.74, 6) is 0.936. The standard InChI is InChI=1S/C17H15BrO2/c1-17(2)10-20-15-8-5-12(9-14(15)17)16(19)11-3-6-13(18)7-4-11/h3-9H,10H2,1-2H3. The molecule has 1 aliphatic heterocycles. The average molecular weight is 331 g/mol. The number of rotatable bonds is 2. The highest BCUT2D eigenvalue weighted by Crippen LogP contribution is 2.38. The topological polar surface area (TPSA) is 26.3 Å². The maximum Gasteiger partial charge on any atom is 0.193 e. The summed E-state index contributed by atoms with van der Waals surface area (Å²) >= 11 is 3.38. The van der Waals surface area contributed by atoms with Crippen molar-refractivity contribution in [3.8, 4) is 5.75 Å². The van der Waals surface area contributed by atoms with Crippen LogP contribution in [0.25, 0.3) is 0 Å². The van der Waals surface area contributed by atoms with E-state index in [-0.39, 0.29) is 11.2 Å². The Kier molecular flexibility index (Phi) is 3.17. The highest BCUT2D eigenvalue weighted by atomic mass is 79.9. The summed E-state index contributed by atoms with van der Waals surface area (Å²) in [6, 6.07) is 13.1. The third kappa shape index (κ3) is 2.27. The molecule has 0 saturated carbocycles. The lowest BCUT2D eigenvalue weighted by Gasteiger charge is -2.15. The maximum atomic E-state index is 12.5. The molecule has 1 heterocycles. The number of hydrogen-bond donors (Lipinski definition) is 0. The molecule has 2 aromatic rings. The van der Waals surface area contributed by atoms with Gasteiger partial charge in [-0.2, -0.15) is 0 Å². The Morgan fingerprint density at radius 3 is 2.45 bits per heavy atom. The van der Waals surface area contributed by atoms with Crippen LogP contribution >= 0.6 is 15.9 Å². The van der Waals surface area contributed by atoms with E-state index in [1.165, 1.54) is 0 Å². The van der Waals surface area contributed by atoms with Crippen LogP contribution in [0.4, 0.5) is 0 Å². The van der Waals surface area contributed by atoms with Gasteiger partial charge in [0.2, 0.25) is 0 Å². The number of ether oxygens (including phenoxy) is 1. The summed E-state index contributed by atoms with van der Waals surface area (Å²) < 4.78 is 6.62. The van der Waals surface area contributed by atoms with Crippen molar-refractivity contribution in [2.75, 3.05) is 6.61 Å². The SMILES string of the molecule is CC1(C)COc2ccc(C(=O)c3ccc(Br)cc3)cc21. The normalized spacial score (nSPS) is 15.6. The lowest BCUT2D eigenvalue weighted by atomic mass is 9.85. The molecular formula is C17H15BrO2. The van der Waals surface area contributed by atoms with Gasteiger partial charge < -0.3 is 4.74 Å². The van der Waals surface area contributed by atoms with E-state index in [1.54, 1.807) is 0 Å². The van der Waals surface area contributed by atoms with Gasteiger partial charge in [-0.3, -0.25) is 4.79 Å². The third-order valence-electron chi connectivity index (χ3n) is 3.67. The van der Waals surface area contributed by atoms with Crippen LogP contribution in [-0.4, -0.2) is 12.4 Å². The minimum Gasteiger partial charge on any atom is -0.492 e. The molecule has 0 aliphatic carbocycles. The minimum absolute atomic E-state index is 0.0364. The van der Waals surface area contributed by atoms with Crippen molar-refractivity contribution < 1.29 is 9.53 Å². The molecule has 3 rings (SSSR count). The van der Waals surface area contributed by atoms with E-state index in [0.717, 1.165) is 15.8 Å². The molecule has 0 bridgehead atoms. The number of benzene rings is 2. The average Bonchev–Trinajstić information content (AvgIpc) is 2.74. The minimum atomic E-state index is -0.0364. The van der Waals surface area contributed by atoms with Crippen LogP contribution in [0, 0.1) is 0 Å². The molecule has 0 unspecified atom stereocenters. The monoisotopic (exact) mass is 330 g/mol. The van der Waals surface area contributed by atoms with Crippen LogP contribution in [0.5, 0.6) is 5.75 Å². The smallest absolute Gasteiger partial charge is 0.193 e. The molecule has 102 valence electrons. The molecule has 0 spiro atoms. The fourth-order valence-electron chi connectivity index (χ4n) is 2.43. The molecule has 2 aromatic carbocycles. The van der Waals surface area contributed by atoms with Gasteiger partial charge in [-0.15, -0.1) is 0 Å². The summed E-state index contributed by atoms with van der Waals surface area (Å²) in [5.41, 5.74) is 2.49. The molecular weight excluding hydrogens is 316 g/mol. The zero-order valence-electron chi connectivity index (χ0n) is 11.4. The van der Waals surface area contributed by atoms with E-state index in [1.807, 2.05) is 42.5 Å². The number of hydrogen-bond acceptors (Lipinski definition) is 2. The van der Waals surface area contributed by atoms with E-state index in [2.05, 4.69) is 29.8 Å². The van der Waals surface area contributed by atoms with Gasteiger partial charge >= 0.3 is 0 Å². The van der Waals surface area contributed by atoms with E-state index in [0.29, 0.717) is 17.7 Å². The van der Waals surface area contributed by atoms with Crippen molar-refractivity contribution >= 4 is 21.7 Å². The van der Waals surface area contributed by atoms with Gasteiger partial charge in [0.25, 0.3) is 0 Å². The summed E-state index contributed by atoms with van der Waals surface area (Å²) in [5, 5.41) is 0. The second-order valence-electron chi connectivity index (χ2n) is 5.72. The molecule has 0 saturated heterocycles. The van der Waals surface area contributed by atoms with Gasteiger partial charge in [0.05, 0.1) is 6.61 Å². The maximum absolute atomic E-state index is 12.5. The van der Waals surface area contributed by atoms with E-state index in [9.17, 15) is 4.79 Å². The van der Waals surface area contributed by atoms with Crippen molar-refractivity contribution in [2.45, 2.75) is 19.3 Å². The van der Waals surface area contributed by atoms with Crippen LogP contribution in [0.1, 0.15) is 35.3 Å². The number of carbonyl (C=O) groups excluding carboxylic acids is 1. The number of fused-ring (bicyclic) bond motifs is 1. The number of carbonyl (C=O) groups is 1. The van der Waals surface area contributed by atoms with Crippen molar-refractivity contribution in [1.29, 1.82) is 0 Å². The zero-order valence-corrected chi connectivity index (χ0v) is 13.0. The van der Waals surface area contributed by atoms with Crippen LogP contribution < -0.4 is 4.74 Å². The Bertz CT molecular complexity index is 672. The lowest BCUT2D eigenvalue weighted by molar-refractivity contribution is 0.103. The van der Waals surface area contributed by atoms with Crippen molar-refractivity contribution in [2.24, 2.45) is 0 Å². The van der Waals surface area contributed by atoms with Gasteiger partial charge in [0.15, 0.2) is 5.78 Å². The Morgan fingerprint density at radius 1 is 1.10 bits per heavy atom. The number of ketones is 1. The Morgan fingerprint density at radius 2 is 1.75 bits per heavy atom. The predicted molar refractivity (Wildman–Crippen MR) is 82.5 cm³/mol. The fourth-order valence-corrected chi connectivity index (χ4v) is 2.69. The predicted octanol–water partition coefficient (Wildman–Crippen LogP) is 4.35. The molecule has 0 N–H and O–H groups in total. The summed E-state index contributed by atoms with van der Waals surface area (Å²) in [7, 11) is 0. The second-order valence-corrected chi connectivity index (χ2v) is 6.64. The zero-order chi connectivity index (χ0) is 14.3. The summed E-state index contributed by atoms with van der Waals surface area (Å²) in [4.78, 5) is 12.5. The van der Waals surface area contributed by atoms with Crippen molar-refractivity contribution in [1.82, 2.24) is 0 Å². The molecule has 0 atom stereocenters. The lowest BCUT2D eigenvalue weighted by Crippen LogP contribution is -2.18. The van der Waals surface area contributed by atoms with Crippen LogP contribution in [0.15, 0.2) is 46.9 Å². The summed E-state index contributed by atoms with van der Waals surface area (Å²) in [6.45, 7) is 4.93. The first kappa shape index (κ1) is 13.4. The molecule has 0 fully saturated rings. The Hall–Kier alpha value is -1.61. The van der Waals surface area contributed by atoms with Crippen molar-refractivity contribution in [3.63, 3.8) is 0 Å². The summed E-state index contributed by atoms with van der Waals surface area (Å²) in [6.07, 6.45) is 0. The second kappa shape index (κ2) is 4.74. The quantitative estimate of drug-likeness (QED) is 0.765. The molecule has 0 amide bonds. The van der Waals surface area contributed by atoms with Crippen LogP contribution in [0.2, 0.25) is 0 Å². The van der Waals surface area contributed by atoms with Gasteiger partial charge in [-0.25, -0.2) is 0 Å². The molecule has 1 aliphatic rings. The molecule has 0 aromatic heterocycles. The molecule has 20 heavy (non-hydrogen) atoms. The van der Waals surface area contributed by atoms with Gasteiger partial charge in [-0.1, -0.05) is 29.8 Å². The third-order valence-corrected chi connectivity index (χ3v) is 4.19. The van der Waals surface area contributed by atoms with E-state index < -0.39 is 0 Å². The number of halogens is 1. The molecule has 2 nitrogen and oxygen atoms in total. The van der Waals surface area contributed by atoms with E-state index >= 15 is 0 Å².